The van der Waals surface area contributed by atoms with Crippen molar-refractivity contribution in [2.75, 3.05) is 6.61 Å². The lowest BCUT2D eigenvalue weighted by atomic mass is 10.7. The molecule has 0 aliphatic rings. The number of ether oxygens (including phenoxy) is 1. The zero-order valence-corrected chi connectivity index (χ0v) is 6.83. The molecule has 2 amide bonds. The molecule has 0 heterocycles. The number of nitrogens with one attached hydrogen (secondary N) is 1. The van der Waals surface area contributed by atoms with Crippen molar-refractivity contribution in [1.82, 2.24) is 10.4 Å². The van der Waals surface area contributed by atoms with Crippen LogP contribution in [0.25, 0.3) is 0 Å². The summed E-state index contributed by atoms with van der Waals surface area (Å²) < 4.78 is 4.43. The second-order valence-electron chi connectivity index (χ2n) is 1.79. The van der Waals surface area contributed by atoms with Crippen LogP contribution >= 0.6 is 0 Å². The van der Waals surface area contributed by atoms with Crippen molar-refractivity contribution in [2.24, 2.45) is 0 Å². The largest absolute Gasteiger partial charge is 0.449 e. The maximum Gasteiger partial charge on any atom is 0.427 e. The van der Waals surface area contributed by atoms with Gasteiger partial charge in [0.15, 0.2) is 0 Å². The van der Waals surface area contributed by atoms with Crippen molar-refractivity contribution < 1.29 is 14.3 Å². The molecule has 0 aromatic carbocycles. The fourth-order valence-corrected chi connectivity index (χ4v) is 0.429. The van der Waals surface area contributed by atoms with Crippen LogP contribution < -0.4 is 5.43 Å². The van der Waals surface area contributed by atoms with Gasteiger partial charge in [0.1, 0.15) is 0 Å². The summed E-state index contributed by atoms with van der Waals surface area (Å²) in [5, 5.41) is 8.78. The molecule has 0 fully saturated rings. The first-order valence-electron chi connectivity index (χ1n) is 3.25. The third-order valence-electron chi connectivity index (χ3n) is 0.893. The Bertz CT molecular complexity index is 221. The zero-order valence-electron chi connectivity index (χ0n) is 6.83. The summed E-state index contributed by atoms with van der Waals surface area (Å²) >= 11 is 0. The lowest BCUT2D eigenvalue weighted by Gasteiger charge is -2.11. The van der Waals surface area contributed by atoms with Crippen molar-refractivity contribution >= 4 is 12.0 Å². The average Bonchev–Trinajstić information content (AvgIpc) is 2.00. The molecule has 0 bridgehead atoms. The molecule has 0 radical (unpaired) electrons. The number of amides is 2. The summed E-state index contributed by atoms with van der Waals surface area (Å²) in [6.45, 7) is 2.95. The van der Waals surface area contributed by atoms with Crippen molar-refractivity contribution in [2.45, 2.75) is 13.8 Å². The van der Waals surface area contributed by atoms with Crippen LogP contribution in [0, 0.1) is 11.5 Å². The highest BCUT2D eigenvalue weighted by Gasteiger charge is 2.10. The molecule has 0 aliphatic heterocycles. The van der Waals surface area contributed by atoms with E-state index in [-0.39, 0.29) is 6.61 Å². The van der Waals surface area contributed by atoms with Crippen LogP contribution in [0.15, 0.2) is 0 Å². The number of hydrazine groups is 1. The molecular weight excluding hydrogens is 162 g/mol. The number of rotatable bonds is 1. The maximum absolute atomic E-state index is 10.6. The minimum Gasteiger partial charge on any atom is -0.449 e. The van der Waals surface area contributed by atoms with Gasteiger partial charge < -0.3 is 4.74 Å². The molecule has 6 nitrogen and oxygen atoms in total. The topological polar surface area (TPSA) is 82.4 Å². The quantitative estimate of drug-likeness (QED) is 0.341. The Labute approximate surface area is 69.7 Å². The zero-order chi connectivity index (χ0) is 9.56. The van der Waals surface area contributed by atoms with E-state index in [9.17, 15) is 9.59 Å². The van der Waals surface area contributed by atoms with Gasteiger partial charge in [0.25, 0.3) is 5.91 Å². The van der Waals surface area contributed by atoms with Crippen LogP contribution in [0.4, 0.5) is 4.79 Å². The summed E-state index contributed by atoms with van der Waals surface area (Å²) in [6.07, 6.45) is 0.638. The number of hydrogen-bond donors (Lipinski definition) is 1. The lowest BCUT2D eigenvalue weighted by Crippen LogP contribution is -2.41. The van der Waals surface area contributed by atoms with Crippen molar-refractivity contribution in [1.29, 1.82) is 5.26 Å². The second kappa shape index (κ2) is 4.96. The van der Waals surface area contributed by atoms with Crippen molar-refractivity contribution in [3.05, 3.63) is 0 Å². The first-order chi connectivity index (χ1) is 5.61. The third kappa shape index (κ3) is 3.41. The number of carbonyl (C=O) groups is 2. The van der Waals surface area contributed by atoms with Gasteiger partial charge in [0.2, 0.25) is 6.19 Å². The van der Waals surface area contributed by atoms with Crippen LogP contribution in [0.2, 0.25) is 0 Å². The van der Waals surface area contributed by atoms with Gasteiger partial charge in [-0.25, -0.2) is 10.2 Å². The monoisotopic (exact) mass is 171 g/mol. The van der Waals surface area contributed by atoms with E-state index >= 15 is 0 Å². The molecule has 6 heteroatoms. The Morgan fingerprint density at radius 3 is 2.58 bits per heavy atom. The molecule has 66 valence electrons. The second-order valence-corrected chi connectivity index (χ2v) is 1.79. The van der Waals surface area contributed by atoms with Gasteiger partial charge in [-0.05, 0) is 6.92 Å². The fourth-order valence-electron chi connectivity index (χ4n) is 0.429. The van der Waals surface area contributed by atoms with Gasteiger partial charge in [0, 0.05) is 6.92 Å². The van der Waals surface area contributed by atoms with Crippen LogP contribution in [0.5, 0.6) is 0 Å². The highest BCUT2D eigenvalue weighted by atomic mass is 16.6. The lowest BCUT2D eigenvalue weighted by molar-refractivity contribution is -0.127. The molecule has 0 spiro atoms. The standard InChI is InChI=1S/C6H9N3O3/c1-3-12-6(11)8-9(4-7)5(2)10/h3H2,1-2H3,(H,8,11). The predicted octanol–water partition coefficient (Wildman–Crippen LogP) is -0.0229. The normalized spacial score (nSPS) is 8.08. The van der Waals surface area contributed by atoms with Crippen LogP contribution in [0.3, 0.4) is 0 Å². The Hall–Kier alpha value is -1.77. The Morgan fingerprint density at radius 2 is 2.25 bits per heavy atom. The molecule has 1 N–H and O–H groups in total. The summed E-state index contributed by atoms with van der Waals surface area (Å²) in [5.41, 5.74) is 1.93. The Kier molecular flexibility index (Phi) is 4.23. The Balaban J connectivity index is 3.97. The van der Waals surface area contributed by atoms with E-state index in [0.29, 0.717) is 5.01 Å². The SMILES string of the molecule is CCOC(=O)NN(C#N)C(C)=O. The number of carbonyl (C=O) groups excluding carboxylic acids is 2. The smallest absolute Gasteiger partial charge is 0.427 e. The van der Waals surface area contributed by atoms with E-state index in [1.165, 1.54) is 6.19 Å². The molecule has 0 unspecified atom stereocenters. The molecule has 12 heavy (non-hydrogen) atoms. The summed E-state index contributed by atoms with van der Waals surface area (Å²) in [6, 6.07) is 0. The van der Waals surface area contributed by atoms with Gasteiger partial charge >= 0.3 is 6.09 Å². The van der Waals surface area contributed by atoms with E-state index in [4.69, 9.17) is 5.26 Å². The van der Waals surface area contributed by atoms with Gasteiger partial charge in [-0.15, -0.1) is 5.01 Å². The molecule has 0 saturated carbocycles. The van der Waals surface area contributed by atoms with Crippen molar-refractivity contribution in [3.63, 3.8) is 0 Å². The van der Waals surface area contributed by atoms with E-state index in [0.717, 1.165) is 6.92 Å². The average molecular weight is 171 g/mol. The van der Waals surface area contributed by atoms with Gasteiger partial charge in [-0.3, -0.25) is 4.79 Å². The highest BCUT2D eigenvalue weighted by Crippen LogP contribution is 1.83. The number of nitrogens with zero attached hydrogens (tertiary/aromatic N) is 2. The summed E-state index contributed by atoms with van der Waals surface area (Å²) in [5.74, 6) is -0.578. The molecule has 0 atom stereocenters. The van der Waals surface area contributed by atoms with E-state index in [2.05, 4.69) is 4.74 Å². The number of nitriles is 1. The van der Waals surface area contributed by atoms with Crippen LogP contribution in [-0.4, -0.2) is 23.6 Å². The highest BCUT2D eigenvalue weighted by molar-refractivity contribution is 5.78. The molecule has 0 aromatic rings. The van der Waals surface area contributed by atoms with E-state index in [1.807, 2.05) is 5.43 Å². The van der Waals surface area contributed by atoms with Crippen LogP contribution in [0.1, 0.15) is 13.8 Å². The van der Waals surface area contributed by atoms with Crippen LogP contribution in [-0.2, 0) is 9.53 Å². The first kappa shape index (κ1) is 10.2. The summed E-state index contributed by atoms with van der Waals surface area (Å²) in [4.78, 5) is 21.2. The molecule has 0 aliphatic carbocycles. The van der Waals surface area contributed by atoms with Crippen molar-refractivity contribution in [3.8, 4) is 6.19 Å². The van der Waals surface area contributed by atoms with Gasteiger partial charge in [0.05, 0.1) is 6.61 Å². The molecule has 0 rings (SSSR count). The van der Waals surface area contributed by atoms with E-state index in [1.54, 1.807) is 6.92 Å². The molecule has 0 aromatic heterocycles. The van der Waals surface area contributed by atoms with Gasteiger partial charge in [-0.2, -0.15) is 5.26 Å². The van der Waals surface area contributed by atoms with E-state index < -0.39 is 12.0 Å². The van der Waals surface area contributed by atoms with Gasteiger partial charge in [-0.1, -0.05) is 0 Å². The minimum atomic E-state index is -0.825. The fraction of sp³-hybridized carbons (Fsp3) is 0.500. The molecule has 0 saturated heterocycles. The minimum absolute atomic E-state index is 0.184. The number of hydrogen-bond acceptors (Lipinski definition) is 4. The molecular formula is C6H9N3O3. The predicted molar refractivity (Wildman–Crippen MR) is 38.3 cm³/mol. The Morgan fingerprint density at radius 1 is 1.67 bits per heavy atom. The maximum atomic E-state index is 10.6. The first-order valence-corrected chi connectivity index (χ1v) is 3.25. The summed E-state index contributed by atoms with van der Waals surface area (Å²) in [7, 11) is 0. The third-order valence-corrected chi connectivity index (χ3v) is 0.893.